The van der Waals surface area contributed by atoms with Crippen LogP contribution in [-0.4, -0.2) is 34.7 Å². The molecule has 2 aromatic rings. The first kappa shape index (κ1) is 13.1. The maximum Gasteiger partial charge on any atom is 0.256 e. The van der Waals surface area contributed by atoms with Gasteiger partial charge in [-0.15, -0.1) is 0 Å². The van der Waals surface area contributed by atoms with Crippen molar-refractivity contribution in [1.82, 2.24) is 9.80 Å². The van der Waals surface area contributed by atoms with Crippen LogP contribution < -0.4 is 0 Å². The predicted octanol–water partition coefficient (Wildman–Crippen LogP) is 2.21. The average Bonchev–Trinajstić information content (AvgIpc) is 3.05. The van der Waals surface area contributed by atoms with E-state index < -0.39 is 5.66 Å². The molecule has 0 aliphatic carbocycles. The van der Waals surface area contributed by atoms with Gasteiger partial charge in [-0.2, -0.15) is 0 Å². The molecule has 0 N–H and O–H groups in total. The van der Waals surface area contributed by atoms with Crippen LogP contribution >= 0.6 is 0 Å². The molecule has 4 nitrogen and oxygen atoms in total. The Labute approximate surface area is 129 Å². The normalized spacial score (nSPS) is 22.7. The van der Waals surface area contributed by atoms with Crippen LogP contribution in [0.2, 0.25) is 0 Å². The SMILES string of the molecule is CC(=O)N1CCN2C(=O)c3ccccc3C12c1ccccc1. The molecule has 22 heavy (non-hydrogen) atoms. The van der Waals surface area contributed by atoms with Crippen molar-refractivity contribution in [3.63, 3.8) is 0 Å². The number of benzene rings is 2. The Hall–Kier alpha value is -2.62. The lowest BCUT2D eigenvalue weighted by atomic mass is 9.90. The van der Waals surface area contributed by atoms with Crippen LogP contribution in [0, 0.1) is 0 Å². The van der Waals surface area contributed by atoms with E-state index in [-0.39, 0.29) is 11.8 Å². The summed E-state index contributed by atoms with van der Waals surface area (Å²) in [4.78, 5) is 28.7. The Morgan fingerprint density at radius 1 is 1.00 bits per heavy atom. The largest absolute Gasteiger partial charge is 0.310 e. The van der Waals surface area contributed by atoms with Crippen LogP contribution in [-0.2, 0) is 10.5 Å². The second-order valence-corrected chi connectivity index (χ2v) is 5.71. The molecule has 2 amide bonds. The molecule has 0 spiro atoms. The van der Waals surface area contributed by atoms with Crippen LogP contribution in [0.4, 0.5) is 0 Å². The summed E-state index contributed by atoms with van der Waals surface area (Å²) in [6, 6.07) is 17.4. The molecule has 2 aromatic carbocycles. The molecule has 1 saturated heterocycles. The molecule has 110 valence electrons. The van der Waals surface area contributed by atoms with Crippen LogP contribution in [0.5, 0.6) is 0 Å². The molecule has 1 fully saturated rings. The van der Waals surface area contributed by atoms with Gasteiger partial charge in [0.05, 0.1) is 0 Å². The molecule has 2 aliphatic rings. The zero-order valence-electron chi connectivity index (χ0n) is 12.3. The summed E-state index contributed by atoms with van der Waals surface area (Å²) in [6.45, 7) is 2.69. The number of hydrogen-bond donors (Lipinski definition) is 0. The first-order valence-electron chi connectivity index (χ1n) is 7.42. The van der Waals surface area contributed by atoms with Crippen molar-refractivity contribution >= 4 is 11.8 Å². The van der Waals surface area contributed by atoms with Crippen molar-refractivity contribution in [3.8, 4) is 0 Å². The first-order chi connectivity index (χ1) is 10.7. The summed E-state index contributed by atoms with van der Waals surface area (Å²) in [7, 11) is 0. The summed E-state index contributed by atoms with van der Waals surface area (Å²) in [5, 5.41) is 0. The second-order valence-electron chi connectivity index (χ2n) is 5.71. The van der Waals surface area contributed by atoms with E-state index in [1.807, 2.05) is 64.4 Å². The van der Waals surface area contributed by atoms with Gasteiger partial charge in [0, 0.05) is 36.7 Å². The lowest BCUT2D eigenvalue weighted by Crippen LogP contribution is -2.50. The summed E-state index contributed by atoms with van der Waals surface area (Å²) < 4.78 is 0. The predicted molar refractivity (Wildman–Crippen MR) is 82.1 cm³/mol. The highest BCUT2D eigenvalue weighted by atomic mass is 16.2. The van der Waals surface area contributed by atoms with Crippen molar-refractivity contribution < 1.29 is 9.59 Å². The van der Waals surface area contributed by atoms with Gasteiger partial charge in [0.2, 0.25) is 5.91 Å². The van der Waals surface area contributed by atoms with E-state index in [4.69, 9.17) is 0 Å². The van der Waals surface area contributed by atoms with E-state index >= 15 is 0 Å². The molecular formula is C18H16N2O2. The van der Waals surface area contributed by atoms with E-state index in [1.165, 1.54) is 0 Å². The van der Waals surface area contributed by atoms with Crippen LogP contribution in [0.25, 0.3) is 0 Å². The van der Waals surface area contributed by atoms with Gasteiger partial charge in [-0.1, -0.05) is 48.5 Å². The standard InChI is InChI=1S/C18H16N2O2/c1-13(21)19-11-12-20-17(22)15-9-5-6-10-16(15)18(19,20)14-7-3-2-4-8-14/h2-10H,11-12H2,1H3. The van der Waals surface area contributed by atoms with Gasteiger partial charge in [0.25, 0.3) is 5.91 Å². The molecule has 4 rings (SSSR count). The Balaban J connectivity index is 2.07. The van der Waals surface area contributed by atoms with Gasteiger partial charge >= 0.3 is 0 Å². The molecule has 1 atom stereocenters. The lowest BCUT2D eigenvalue weighted by Gasteiger charge is -2.40. The number of fused-ring (bicyclic) bond motifs is 3. The van der Waals surface area contributed by atoms with Gasteiger partial charge in [0.15, 0.2) is 5.66 Å². The summed E-state index contributed by atoms with van der Waals surface area (Å²) >= 11 is 0. The molecular weight excluding hydrogens is 276 g/mol. The van der Waals surface area contributed by atoms with Crippen LogP contribution in [0.15, 0.2) is 54.6 Å². The molecule has 0 bridgehead atoms. The maximum absolute atomic E-state index is 12.8. The van der Waals surface area contributed by atoms with Gasteiger partial charge in [-0.05, 0) is 6.07 Å². The highest BCUT2D eigenvalue weighted by molar-refractivity contribution is 6.02. The fraction of sp³-hybridized carbons (Fsp3) is 0.222. The van der Waals surface area contributed by atoms with E-state index in [0.29, 0.717) is 18.7 Å². The van der Waals surface area contributed by atoms with Crippen molar-refractivity contribution in [2.75, 3.05) is 13.1 Å². The van der Waals surface area contributed by atoms with Crippen molar-refractivity contribution in [2.24, 2.45) is 0 Å². The monoisotopic (exact) mass is 292 g/mol. The van der Waals surface area contributed by atoms with Crippen molar-refractivity contribution in [3.05, 3.63) is 71.3 Å². The van der Waals surface area contributed by atoms with Crippen LogP contribution in [0.1, 0.15) is 28.4 Å². The summed E-state index contributed by atoms with van der Waals surface area (Å²) in [6.07, 6.45) is 0. The molecule has 0 aromatic heterocycles. The molecule has 0 radical (unpaired) electrons. The number of carbonyl (C=O) groups is 2. The number of amides is 2. The van der Waals surface area contributed by atoms with Crippen LogP contribution in [0.3, 0.4) is 0 Å². The van der Waals surface area contributed by atoms with Gasteiger partial charge in [-0.25, -0.2) is 0 Å². The first-order valence-corrected chi connectivity index (χ1v) is 7.42. The second kappa shape index (κ2) is 4.44. The third-order valence-corrected chi connectivity index (χ3v) is 4.66. The minimum absolute atomic E-state index is 0.00297. The van der Waals surface area contributed by atoms with Gasteiger partial charge < -0.3 is 9.80 Å². The average molecular weight is 292 g/mol. The minimum Gasteiger partial charge on any atom is -0.310 e. The molecule has 2 aliphatic heterocycles. The summed E-state index contributed by atoms with van der Waals surface area (Å²) in [5.41, 5.74) is 1.76. The minimum atomic E-state index is -0.791. The van der Waals surface area contributed by atoms with Crippen molar-refractivity contribution in [2.45, 2.75) is 12.6 Å². The zero-order chi connectivity index (χ0) is 15.3. The van der Waals surface area contributed by atoms with Gasteiger partial charge in [-0.3, -0.25) is 9.59 Å². The highest BCUT2D eigenvalue weighted by Crippen LogP contribution is 2.49. The number of carbonyl (C=O) groups excluding carboxylic acids is 2. The number of rotatable bonds is 1. The fourth-order valence-corrected chi connectivity index (χ4v) is 3.85. The number of hydrogen-bond acceptors (Lipinski definition) is 2. The van der Waals surface area contributed by atoms with E-state index in [1.54, 1.807) is 6.92 Å². The van der Waals surface area contributed by atoms with E-state index in [9.17, 15) is 9.59 Å². The Kier molecular flexibility index (Phi) is 2.64. The molecule has 2 heterocycles. The zero-order valence-corrected chi connectivity index (χ0v) is 12.3. The third kappa shape index (κ3) is 1.42. The Morgan fingerprint density at radius 3 is 2.41 bits per heavy atom. The quantitative estimate of drug-likeness (QED) is 0.808. The molecule has 4 heteroatoms. The lowest BCUT2D eigenvalue weighted by molar-refractivity contribution is -0.134. The fourth-order valence-electron chi connectivity index (χ4n) is 3.85. The smallest absolute Gasteiger partial charge is 0.256 e. The number of nitrogens with zero attached hydrogens (tertiary/aromatic N) is 2. The van der Waals surface area contributed by atoms with E-state index in [2.05, 4.69) is 0 Å². The molecule has 1 unspecified atom stereocenters. The third-order valence-electron chi connectivity index (χ3n) is 4.66. The van der Waals surface area contributed by atoms with Crippen molar-refractivity contribution in [1.29, 1.82) is 0 Å². The van der Waals surface area contributed by atoms with E-state index in [0.717, 1.165) is 11.1 Å². The Morgan fingerprint density at radius 2 is 1.68 bits per heavy atom. The Bertz CT molecular complexity index is 768. The van der Waals surface area contributed by atoms with Gasteiger partial charge in [0.1, 0.15) is 0 Å². The highest BCUT2D eigenvalue weighted by Gasteiger charge is 2.58. The summed E-state index contributed by atoms with van der Waals surface area (Å²) in [5.74, 6) is -0.0148. The maximum atomic E-state index is 12.8. The molecule has 0 saturated carbocycles. The topological polar surface area (TPSA) is 40.6 Å².